The second kappa shape index (κ2) is 9.41. The molecule has 0 radical (unpaired) electrons. The Bertz CT molecular complexity index is 361. The summed E-state index contributed by atoms with van der Waals surface area (Å²) in [7, 11) is -5.11. The van der Waals surface area contributed by atoms with Crippen LogP contribution in [0.2, 0.25) is 45.8 Å². The summed E-state index contributed by atoms with van der Waals surface area (Å²) in [6.07, 6.45) is 2.58. The van der Waals surface area contributed by atoms with Crippen LogP contribution in [0.25, 0.3) is 0 Å². The standard InChI is InChI=1S/C9H24O3Si3.C7H14O2/c1-13(2,3)11-15(6,7)12-14(4,5)9-8-10-9;1-2-4-9-7-3-5-8-6-7/h9H,8H2,1-7H3;7H,2-6H2,1H3. The van der Waals surface area contributed by atoms with Crippen molar-refractivity contribution in [2.45, 2.75) is 77.4 Å². The van der Waals surface area contributed by atoms with Crippen LogP contribution >= 0.6 is 0 Å². The third-order valence-corrected chi connectivity index (χ3v) is 14.0. The molecule has 0 N–H and O–H groups in total. The van der Waals surface area contributed by atoms with E-state index in [4.69, 9.17) is 22.4 Å². The molecule has 0 bridgehead atoms. The lowest BCUT2D eigenvalue weighted by Crippen LogP contribution is -2.53. The Balaban J connectivity index is 0.000000272. The zero-order valence-corrected chi connectivity index (χ0v) is 19.9. The molecule has 2 fully saturated rings. The molecule has 0 aromatic carbocycles. The smallest absolute Gasteiger partial charge is 0.311 e. The summed E-state index contributed by atoms with van der Waals surface area (Å²) >= 11 is 0. The van der Waals surface area contributed by atoms with Crippen LogP contribution in [0.1, 0.15) is 19.8 Å². The molecule has 0 aromatic heterocycles. The second-order valence-electron chi connectivity index (χ2n) is 8.50. The first-order valence-corrected chi connectivity index (χ1v) is 18.4. The van der Waals surface area contributed by atoms with Gasteiger partial charge in [0, 0.05) is 13.2 Å². The summed E-state index contributed by atoms with van der Waals surface area (Å²) in [5, 5.41) is 0. The summed E-state index contributed by atoms with van der Waals surface area (Å²) in [6.45, 7) is 21.0. The normalized spacial score (nSPS) is 24.5. The Morgan fingerprint density at radius 2 is 1.58 bits per heavy atom. The SMILES string of the molecule is CCCOC1CCOC1.C[Si](C)(C)O[Si](C)(C)O[Si](C)(C)C1CO1. The highest BCUT2D eigenvalue weighted by atomic mass is 28.5. The molecule has 0 aliphatic carbocycles. The van der Waals surface area contributed by atoms with E-state index in [0.717, 1.165) is 39.3 Å². The van der Waals surface area contributed by atoms with E-state index < -0.39 is 25.2 Å². The quantitative estimate of drug-likeness (QED) is 0.461. The van der Waals surface area contributed by atoms with Gasteiger partial charge in [-0.15, -0.1) is 0 Å². The number of rotatable bonds is 8. The molecule has 0 saturated carbocycles. The summed E-state index contributed by atoms with van der Waals surface area (Å²) in [5.41, 5.74) is 0.398. The van der Waals surface area contributed by atoms with Gasteiger partial charge in [0.05, 0.1) is 25.0 Å². The van der Waals surface area contributed by atoms with Gasteiger partial charge in [-0.2, -0.15) is 0 Å². The van der Waals surface area contributed by atoms with Crippen molar-refractivity contribution in [1.29, 1.82) is 0 Å². The summed E-state index contributed by atoms with van der Waals surface area (Å²) in [4.78, 5) is 0. The first kappa shape index (κ1) is 22.5. The van der Waals surface area contributed by atoms with E-state index in [1.54, 1.807) is 0 Å². The molecule has 2 atom stereocenters. The highest BCUT2D eigenvalue weighted by molar-refractivity contribution is 6.88. The summed E-state index contributed by atoms with van der Waals surface area (Å²) in [5.74, 6) is 0. The van der Waals surface area contributed by atoms with Crippen LogP contribution < -0.4 is 0 Å². The van der Waals surface area contributed by atoms with E-state index in [1.807, 2.05) is 0 Å². The van der Waals surface area contributed by atoms with Gasteiger partial charge in [-0.25, -0.2) is 0 Å². The van der Waals surface area contributed by atoms with E-state index in [0.29, 0.717) is 11.8 Å². The number of ether oxygens (including phenoxy) is 3. The Kier molecular flexibility index (Phi) is 8.81. The van der Waals surface area contributed by atoms with Crippen molar-refractivity contribution in [1.82, 2.24) is 0 Å². The van der Waals surface area contributed by atoms with Gasteiger partial charge in [0.2, 0.25) is 8.32 Å². The molecule has 2 aliphatic heterocycles. The second-order valence-corrected chi connectivity index (χ2v) is 21.0. The van der Waals surface area contributed by atoms with Gasteiger partial charge in [-0.05, 0) is 58.7 Å². The van der Waals surface area contributed by atoms with Gasteiger partial charge in [-0.1, -0.05) is 6.92 Å². The number of epoxide rings is 1. The molecule has 24 heavy (non-hydrogen) atoms. The lowest BCUT2D eigenvalue weighted by molar-refractivity contribution is 0.0432. The van der Waals surface area contributed by atoms with E-state index >= 15 is 0 Å². The Labute approximate surface area is 151 Å². The molecule has 2 saturated heterocycles. The molecule has 8 heteroatoms. The van der Waals surface area contributed by atoms with Crippen molar-refractivity contribution in [2.75, 3.05) is 26.4 Å². The minimum absolute atomic E-state index is 0.393. The summed E-state index contributed by atoms with van der Waals surface area (Å²) in [6, 6.07) is 0. The van der Waals surface area contributed by atoms with Crippen molar-refractivity contribution < 1.29 is 22.4 Å². The minimum atomic E-state index is -1.95. The number of hydrogen-bond donors (Lipinski definition) is 0. The molecule has 0 amide bonds. The molecular weight excluding hydrogens is 356 g/mol. The molecule has 0 aromatic rings. The van der Waals surface area contributed by atoms with Crippen LogP contribution in [0.15, 0.2) is 0 Å². The van der Waals surface area contributed by atoms with Crippen LogP contribution in [0.5, 0.6) is 0 Å². The van der Waals surface area contributed by atoms with Crippen molar-refractivity contribution in [3.8, 4) is 0 Å². The fourth-order valence-electron chi connectivity index (χ4n) is 2.84. The zero-order valence-electron chi connectivity index (χ0n) is 16.9. The van der Waals surface area contributed by atoms with Crippen LogP contribution in [0, 0.1) is 0 Å². The van der Waals surface area contributed by atoms with Crippen molar-refractivity contribution in [3.63, 3.8) is 0 Å². The van der Waals surface area contributed by atoms with Crippen molar-refractivity contribution in [3.05, 3.63) is 0 Å². The minimum Gasteiger partial charge on any atom is -0.437 e. The van der Waals surface area contributed by atoms with Gasteiger partial charge >= 0.3 is 8.56 Å². The molecule has 144 valence electrons. The lowest BCUT2D eigenvalue weighted by atomic mass is 10.3. The lowest BCUT2D eigenvalue weighted by Gasteiger charge is -2.36. The van der Waals surface area contributed by atoms with E-state index in [1.165, 1.54) is 0 Å². The highest BCUT2D eigenvalue weighted by Gasteiger charge is 2.48. The summed E-state index contributed by atoms with van der Waals surface area (Å²) < 4.78 is 28.4. The van der Waals surface area contributed by atoms with Crippen molar-refractivity contribution in [2.24, 2.45) is 0 Å². The average molecular weight is 395 g/mol. The average Bonchev–Trinajstić information content (AvgIpc) is 3.12. The van der Waals surface area contributed by atoms with Crippen LogP contribution in [0.4, 0.5) is 0 Å². The molecule has 2 rings (SSSR count). The maximum atomic E-state index is 6.29. The molecular formula is C16H38O5Si3. The predicted octanol–water partition coefficient (Wildman–Crippen LogP) is 3.90. The highest BCUT2D eigenvalue weighted by Crippen LogP contribution is 2.28. The molecule has 0 spiro atoms. The maximum absolute atomic E-state index is 6.29. The Morgan fingerprint density at radius 1 is 0.958 bits per heavy atom. The predicted molar refractivity (Wildman–Crippen MR) is 106 cm³/mol. The fraction of sp³-hybridized carbons (Fsp3) is 1.00. The van der Waals surface area contributed by atoms with Crippen LogP contribution in [-0.4, -0.2) is 63.5 Å². The largest absolute Gasteiger partial charge is 0.437 e. The molecule has 2 aliphatic rings. The first-order chi connectivity index (χ1) is 11.0. The molecule has 2 heterocycles. The van der Waals surface area contributed by atoms with Gasteiger partial charge in [0.1, 0.15) is 0 Å². The fourth-order valence-corrected chi connectivity index (χ4v) is 15.8. The van der Waals surface area contributed by atoms with E-state index in [9.17, 15) is 0 Å². The molecule has 2 unspecified atom stereocenters. The van der Waals surface area contributed by atoms with E-state index in [-0.39, 0.29) is 0 Å². The Morgan fingerprint density at radius 3 is 2.00 bits per heavy atom. The maximum Gasteiger partial charge on any atom is 0.311 e. The van der Waals surface area contributed by atoms with Crippen LogP contribution in [0.3, 0.4) is 0 Å². The van der Waals surface area contributed by atoms with E-state index in [2.05, 4.69) is 52.8 Å². The third kappa shape index (κ3) is 9.81. The number of hydrogen-bond acceptors (Lipinski definition) is 5. The Hall–Kier alpha value is 0.451. The van der Waals surface area contributed by atoms with Crippen molar-refractivity contribution >= 4 is 25.2 Å². The topological polar surface area (TPSA) is 49.5 Å². The zero-order chi connectivity index (χ0) is 18.4. The van der Waals surface area contributed by atoms with Gasteiger partial charge in [0.25, 0.3) is 0 Å². The van der Waals surface area contributed by atoms with Gasteiger partial charge in [-0.3, -0.25) is 0 Å². The monoisotopic (exact) mass is 394 g/mol. The van der Waals surface area contributed by atoms with Gasteiger partial charge in [0.15, 0.2) is 8.32 Å². The molecule has 5 nitrogen and oxygen atoms in total. The third-order valence-electron chi connectivity index (χ3n) is 3.62. The first-order valence-electron chi connectivity index (χ1n) is 9.16. The van der Waals surface area contributed by atoms with Gasteiger partial charge < -0.3 is 22.4 Å². The van der Waals surface area contributed by atoms with Crippen LogP contribution in [-0.2, 0) is 22.4 Å².